The van der Waals surface area contributed by atoms with Crippen molar-refractivity contribution in [2.24, 2.45) is 0 Å². The standard InChI is InChI=1S/C19H26N2O3.C4H4O4/c1-23-18-15-9-4-5-10-16(15)21(17(18)19(22)24-2)14-8-13-20-11-6-3-7-12-20;5-3(6)1-2-4(7)8/h4-5,9-10H,3,6-8,11-14H2,1-2H3;1-2H,(H,5,6)(H,7,8)/b;2-1+. The zero-order valence-electron chi connectivity index (χ0n) is 18.5. The van der Waals surface area contributed by atoms with Gasteiger partial charge >= 0.3 is 17.9 Å². The highest BCUT2D eigenvalue weighted by atomic mass is 16.5. The molecule has 0 radical (unpaired) electrons. The lowest BCUT2D eigenvalue weighted by atomic mass is 10.1. The number of methoxy groups -OCH3 is 2. The average Bonchev–Trinajstić information content (AvgIpc) is 3.12. The Balaban J connectivity index is 0.000000390. The van der Waals surface area contributed by atoms with Gasteiger partial charge in [0.15, 0.2) is 11.4 Å². The van der Waals surface area contributed by atoms with Crippen molar-refractivity contribution in [3.63, 3.8) is 0 Å². The largest absolute Gasteiger partial charge is 0.494 e. The molecule has 1 fully saturated rings. The Hall–Kier alpha value is -3.33. The summed E-state index contributed by atoms with van der Waals surface area (Å²) < 4.78 is 12.6. The maximum atomic E-state index is 12.3. The lowest BCUT2D eigenvalue weighted by molar-refractivity contribution is -0.134. The molecule has 0 amide bonds. The first-order chi connectivity index (χ1) is 15.4. The number of esters is 1. The molecule has 1 aromatic heterocycles. The van der Waals surface area contributed by atoms with Crippen molar-refractivity contribution in [1.29, 1.82) is 0 Å². The van der Waals surface area contributed by atoms with Crippen molar-refractivity contribution in [3.05, 3.63) is 42.1 Å². The number of aryl methyl sites for hydroxylation is 1. The van der Waals surface area contributed by atoms with Crippen molar-refractivity contribution in [2.45, 2.75) is 32.2 Å². The van der Waals surface area contributed by atoms with Crippen LogP contribution in [0.5, 0.6) is 5.75 Å². The van der Waals surface area contributed by atoms with Crippen LogP contribution in [0.4, 0.5) is 0 Å². The third kappa shape index (κ3) is 6.84. The Labute approximate surface area is 186 Å². The molecule has 1 aromatic carbocycles. The summed E-state index contributed by atoms with van der Waals surface area (Å²) in [4.78, 5) is 33.9. The van der Waals surface area contributed by atoms with Crippen molar-refractivity contribution >= 4 is 28.8 Å². The summed E-state index contributed by atoms with van der Waals surface area (Å²) >= 11 is 0. The number of nitrogens with zero attached hydrogens (tertiary/aromatic N) is 2. The maximum Gasteiger partial charge on any atom is 0.358 e. The first-order valence-electron chi connectivity index (χ1n) is 10.5. The van der Waals surface area contributed by atoms with Gasteiger partial charge in [-0.1, -0.05) is 18.6 Å². The van der Waals surface area contributed by atoms with Gasteiger partial charge in [0.1, 0.15) is 0 Å². The van der Waals surface area contributed by atoms with E-state index in [0.717, 1.165) is 30.4 Å². The summed E-state index contributed by atoms with van der Waals surface area (Å²) in [7, 11) is 3.02. The SMILES string of the molecule is COC(=O)c1c(OC)c2ccccc2n1CCCN1CCCCC1.O=C(O)/C=C/C(=O)O. The number of carbonyl (C=O) groups is 3. The van der Waals surface area contributed by atoms with E-state index in [9.17, 15) is 14.4 Å². The van der Waals surface area contributed by atoms with Gasteiger partial charge in [-0.2, -0.15) is 0 Å². The number of para-hydroxylation sites is 1. The van der Waals surface area contributed by atoms with Gasteiger partial charge in [-0.3, -0.25) is 0 Å². The Kier molecular flexibility index (Phi) is 9.75. The van der Waals surface area contributed by atoms with Crippen LogP contribution in [-0.2, 0) is 20.9 Å². The Bertz CT molecular complexity index is 943. The number of aliphatic carboxylic acids is 2. The molecule has 32 heavy (non-hydrogen) atoms. The molecule has 1 aliphatic rings. The highest BCUT2D eigenvalue weighted by Gasteiger charge is 2.24. The number of piperidine rings is 1. The van der Waals surface area contributed by atoms with Crippen molar-refractivity contribution < 1.29 is 34.1 Å². The average molecular weight is 447 g/mol. The number of carboxylic acid groups (broad SMARTS) is 2. The number of ether oxygens (including phenoxy) is 2. The highest BCUT2D eigenvalue weighted by molar-refractivity contribution is 6.01. The van der Waals surface area contributed by atoms with Gasteiger partial charge < -0.3 is 29.2 Å². The van der Waals surface area contributed by atoms with Gasteiger partial charge in [-0.25, -0.2) is 14.4 Å². The number of aromatic nitrogens is 1. The maximum absolute atomic E-state index is 12.3. The minimum atomic E-state index is -1.26. The van der Waals surface area contributed by atoms with Gasteiger partial charge in [0.2, 0.25) is 0 Å². The molecule has 0 aliphatic carbocycles. The lowest BCUT2D eigenvalue weighted by Crippen LogP contribution is -2.31. The van der Waals surface area contributed by atoms with E-state index in [-0.39, 0.29) is 5.97 Å². The second-order valence-corrected chi connectivity index (χ2v) is 7.31. The molecule has 9 nitrogen and oxygen atoms in total. The van der Waals surface area contributed by atoms with Crippen LogP contribution >= 0.6 is 0 Å². The molecule has 174 valence electrons. The van der Waals surface area contributed by atoms with E-state index in [1.807, 2.05) is 28.8 Å². The molecule has 0 unspecified atom stereocenters. The summed E-state index contributed by atoms with van der Waals surface area (Å²) in [6.45, 7) is 4.24. The summed E-state index contributed by atoms with van der Waals surface area (Å²) in [6.07, 6.45) is 6.07. The number of hydrogen-bond acceptors (Lipinski definition) is 6. The fraction of sp³-hybridized carbons (Fsp3) is 0.435. The van der Waals surface area contributed by atoms with Crippen molar-refractivity contribution in [3.8, 4) is 5.75 Å². The molecule has 1 saturated heterocycles. The summed E-state index contributed by atoms with van der Waals surface area (Å²) in [5, 5.41) is 16.6. The Morgan fingerprint density at radius 2 is 1.59 bits per heavy atom. The lowest BCUT2D eigenvalue weighted by Gasteiger charge is -2.26. The number of hydrogen-bond donors (Lipinski definition) is 2. The van der Waals surface area contributed by atoms with Crippen LogP contribution in [0.25, 0.3) is 10.9 Å². The summed E-state index contributed by atoms with van der Waals surface area (Å²) in [6, 6.07) is 7.97. The van der Waals surface area contributed by atoms with Gasteiger partial charge in [-0.15, -0.1) is 0 Å². The normalized spacial score (nSPS) is 14.1. The molecule has 9 heteroatoms. The molecule has 0 saturated carbocycles. The van der Waals surface area contributed by atoms with Gasteiger partial charge in [0.05, 0.1) is 19.7 Å². The molecule has 2 aromatic rings. The predicted molar refractivity (Wildman–Crippen MR) is 119 cm³/mol. The first kappa shape index (κ1) is 24.9. The van der Waals surface area contributed by atoms with Crippen LogP contribution in [0.1, 0.15) is 36.2 Å². The third-order valence-corrected chi connectivity index (χ3v) is 5.18. The predicted octanol–water partition coefficient (Wildman–Crippen LogP) is 3.02. The zero-order chi connectivity index (χ0) is 23.5. The van der Waals surface area contributed by atoms with Crippen LogP contribution in [-0.4, -0.2) is 71.4 Å². The van der Waals surface area contributed by atoms with E-state index in [1.165, 1.54) is 39.5 Å². The first-order valence-corrected chi connectivity index (χ1v) is 10.5. The molecular weight excluding hydrogens is 416 g/mol. The second-order valence-electron chi connectivity index (χ2n) is 7.31. The van der Waals surface area contributed by atoms with Crippen LogP contribution < -0.4 is 4.74 Å². The quantitative estimate of drug-likeness (QED) is 0.469. The molecule has 2 N–H and O–H groups in total. The number of carboxylic acids is 2. The molecule has 2 heterocycles. The number of rotatable bonds is 8. The summed E-state index contributed by atoms with van der Waals surface area (Å²) in [5.74, 6) is -2.25. The second kappa shape index (κ2) is 12.5. The fourth-order valence-corrected chi connectivity index (χ4v) is 3.79. The minimum Gasteiger partial charge on any atom is -0.494 e. The van der Waals surface area contributed by atoms with Crippen LogP contribution in [0.3, 0.4) is 0 Å². The van der Waals surface area contributed by atoms with Gasteiger partial charge in [0.25, 0.3) is 0 Å². The van der Waals surface area contributed by atoms with Crippen LogP contribution in [0.2, 0.25) is 0 Å². The monoisotopic (exact) mass is 446 g/mol. The van der Waals surface area contributed by atoms with E-state index in [0.29, 0.717) is 23.6 Å². The van der Waals surface area contributed by atoms with E-state index in [1.54, 1.807) is 7.11 Å². The smallest absolute Gasteiger partial charge is 0.358 e. The van der Waals surface area contributed by atoms with E-state index in [4.69, 9.17) is 19.7 Å². The summed E-state index contributed by atoms with van der Waals surface area (Å²) in [5.41, 5.74) is 1.54. The van der Waals surface area contributed by atoms with E-state index < -0.39 is 11.9 Å². The molecule has 3 rings (SSSR count). The van der Waals surface area contributed by atoms with Gasteiger partial charge in [0, 0.05) is 24.1 Å². The number of fused-ring (bicyclic) bond motifs is 1. The number of carbonyl (C=O) groups excluding carboxylic acids is 1. The molecule has 0 bridgehead atoms. The topological polar surface area (TPSA) is 118 Å². The van der Waals surface area contributed by atoms with E-state index in [2.05, 4.69) is 4.90 Å². The number of benzene rings is 1. The Morgan fingerprint density at radius 3 is 2.16 bits per heavy atom. The van der Waals surface area contributed by atoms with Crippen LogP contribution in [0.15, 0.2) is 36.4 Å². The van der Waals surface area contributed by atoms with Gasteiger partial charge in [-0.05, 0) is 51.0 Å². The molecular formula is C23H30N2O7. The van der Waals surface area contributed by atoms with Crippen molar-refractivity contribution in [1.82, 2.24) is 9.47 Å². The fourth-order valence-electron chi connectivity index (χ4n) is 3.79. The molecule has 1 aliphatic heterocycles. The molecule has 0 atom stereocenters. The Morgan fingerprint density at radius 1 is 0.969 bits per heavy atom. The van der Waals surface area contributed by atoms with E-state index >= 15 is 0 Å². The van der Waals surface area contributed by atoms with Crippen molar-refractivity contribution in [2.75, 3.05) is 33.9 Å². The van der Waals surface area contributed by atoms with Crippen LogP contribution in [0, 0.1) is 0 Å². The number of likely N-dealkylation sites (tertiary alicyclic amines) is 1. The third-order valence-electron chi connectivity index (χ3n) is 5.18. The minimum absolute atomic E-state index is 0.346. The zero-order valence-corrected chi connectivity index (χ0v) is 18.5. The highest BCUT2D eigenvalue weighted by Crippen LogP contribution is 2.33. The molecule has 0 spiro atoms.